The van der Waals surface area contributed by atoms with Crippen LogP contribution in [0.5, 0.6) is 0 Å². The Kier molecular flexibility index (Phi) is 4.49. The monoisotopic (exact) mass is 249 g/mol. The van der Waals surface area contributed by atoms with E-state index in [0.29, 0.717) is 0 Å². The molecule has 1 aliphatic heterocycles. The molecule has 0 saturated carbocycles. The van der Waals surface area contributed by atoms with Gasteiger partial charge in [-0.2, -0.15) is 0 Å². The third kappa shape index (κ3) is 3.03. The van der Waals surface area contributed by atoms with Crippen molar-refractivity contribution in [2.75, 3.05) is 19.3 Å². The van der Waals surface area contributed by atoms with E-state index in [1.165, 1.54) is 12.8 Å². The van der Waals surface area contributed by atoms with Crippen molar-refractivity contribution in [3.63, 3.8) is 0 Å². The van der Waals surface area contributed by atoms with Gasteiger partial charge >= 0.3 is 0 Å². The number of hydrogen-bond donors (Lipinski definition) is 0. The molecule has 0 unspecified atom stereocenters. The summed E-state index contributed by atoms with van der Waals surface area (Å²) in [6, 6.07) is 7.91. The summed E-state index contributed by atoms with van der Waals surface area (Å²) in [5.41, 5.74) is 0.863. The predicted molar refractivity (Wildman–Crippen MR) is 72.6 cm³/mol. The van der Waals surface area contributed by atoms with Gasteiger partial charge in [-0.25, -0.2) is 0 Å². The second-order valence-electron chi connectivity index (χ2n) is 4.41. The van der Waals surface area contributed by atoms with Gasteiger partial charge < -0.3 is 4.90 Å². The highest BCUT2D eigenvalue weighted by atomic mass is 32.2. The fraction of sp³-hybridized carbons (Fsp3) is 0.500. The lowest BCUT2D eigenvalue weighted by molar-refractivity contribution is 0.0758. The van der Waals surface area contributed by atoms with Gasteiger partial charge in [-0.05, 0) is 31.2 Å². The van der Waals surface area contributed by atoms with E-state index in [0.717, 1.165) is 36.4 Å². The average molecular weight is 249 g/mol. The van der Waals surface area contributed by atoms with Gasteiger partial charge in [0.25, 0.3) is 5.91 Å². The van der Waals surface area contributed by atoms with Crippen LogP contribution in [0.2, 0.25) is 0 Å². The highest BCUT2D eigenvalue weighted by Gasteiger charge is 2.19. The van der Waals surface area contributed by atoms with Crippen molar-refractivity contribution >= 4 is 17.7 Å². The number of nitrogens with zero attached hydrogens (tertiary/aromatic N) is 1. The molecule has 0 spiro atoms. The van der Waals surface area contributed by atoms with E-state index in [4.69, 9.17) is 0 Å². The Balaban J connectivity index is 2.17. The van der Waals surface area contributed by atoms with E-state index < -0.39 is 0 Å². The smallest absolute Gasteiger partial charge is 0.254 e. The van der Waals surface area contributed by atoms with E-state index in [9.17, 15) is 4.79 Å². The summed E-state index contributed by atoms with van der Waals surface area (Å²) >= 11 is 1.65. The number of hydrogen-bond acceptors (Lipinski definition) is 2. The van der Waals surface area contributed by atoms with Crippen LogP contribution in [0.3, 0.4) is 0 Å². The molecule has 0 N–H and O–H groups in total. The summed E-state index contributed by atoms with van der Waals surface area (Å²) in [7, 11) is 0. The largest absolute Gasteiger partial charge is 0.339 e. The molecular weight excluding hydrogens is 230 g/mol. The molecule has 0 radical (unpaired) electrons. The maximum atomic E-state index is 12.4. The molecule has 2 rings (SSSR count). The van der Waals surface area contributed by atoms with Crippen LogP contribution in [0.25, 0.3) is 0 Å². The number of thioether (sulfide) groups is 1. The van der Waals surface area contributed by atoms with E-state index in [1.807, 2.05) is 35.4 Å². The lowest BCUT2D eigenvalue weighted by Gasteiger charge is -2.21. The van der Waals surface area contributed by atoms with Crippen LogP contribution in [-0.2, 0) is 0 Å². The summed E-state index contributed by atoms with van der Waals surface area (Å²) < 4.78 is 0. The number of carbonyl (C=O) groups is 1. The summed E-state index contributed by atoms with van der Waals surface area (Å²) in [4.78, 5) is 15.5. The van der Waals surface area contributed by atoms with Gasteiger partial charge in [0.05, 0.1) is 5.56 Å². The molecule has 1 aromatic carbocycles. The molecule has 1 aliphatic rings. The fourth-order valence-corrected chi connectivity index (χ4v) is 2.86. The van der Waals surface area contributed by atoms with Crippen LogP contribution < -0.4 is 0 Å². The van der Waals surface area contributed by atoms with Gasteiger partial charge in [0.1, 0.15) is 0 Å². The summed E-state index contributed by atoms with van der Waals surface area (Å²) in [6.45, 7) is 1.84. The SMILES string of the molecule is CSc1ccccc1C(=O)N1CCCCCC1. The van der Waals surface area contributed by atoms with Crippen LogP contribution in [0, 0.1) is 0 Å². The first-order chi connectivity index (χ1) is 8.33. The third-order valence-corrected chi connectivity index (χ3v) is 4.03. The van der Waals surface area contributed by atoms with Crippen LogP contribution in [-0.4, -0.2) is 30.2 Å². The molecule has 0 bridgehead atoms. The third-order valence-electron chi connectivity index (χ3n) is 3.23. The first-order valence-corrected chi connectivity index (χ1v) is 7.47. The molecule has 1 aromatic rings. The van der Waals surface area contributed by atoms with Gasteiger partial charge in [-0.15, -0.1) is 11.8 Å². The Labute approximate surface area is 107 Å². The maximum absolute atomic E-state index is 12.4. The van der Waals surface area contributed by atoms with Gasteiger partial charge in [-0.3, -0.25) is 4.79 Å². The van der Waals surface area contributed by atoms with Crippen LogP contribution in [0.1, 0.15) is 36.0 Å². The van der Waals surface area contributed by atoms with E-state index in [2.05, 4.69) is 0 Å². The molecular formula is C14H19NOS. The minimum Gasteiger partial charge on any atom is -0.339 e. The zero-order valence-electron chi connectivity index (χ0n) is 10.3. The van der Waals surface area contributed by atoms with Gasteiger partial charge in [0, 0.05) is 18.0 Å². The average Bonchev–Trinajstić information content (AvgIpc) is 2.66. The first-order valence-electron chi connectivity index (χ1n) is 6.25. The second-order valence-corrected chi connectivity index (χ2v) is 5.25. The van der Waals surface area contributed by atoms with Gasteiger partial charge in [0.15, 0.2) is 0 Å². The molecule has 0 aromatic heterocycles. The predicted octanol–water partition coefficient (Wildman–Crippen LogP) is 3.42. The van der Waals surface area contributed by atoms with Crippen LogP contribution >= 0.6 is 11.8 Å². The maximum Gasteiger partial charge on any atom is 0.254 e. The van der Waals surface area contributed by atoms with Crippen molar-refractivity contribution in [1.82, 2.24) is 4.90 Å². The quantitative estimate of drug-likeness (QED) is 0.748. The van der Waals surface area contributed by atoms with Crippen molar-refractivity contribution < 1.29 is 4.79 Å². The van der Waals surface area contributed by atoms with E-state index >= 15 is 0 Å². The van der Waals surface area contributed by atoms with Crippen molar-refractivity contribution in [2.45, 2.75) is 30.6 Å². The Hall–Kier alpha value is -0.960. The normalized spacial score (nSPS) is 16.6. The number of likely N-dealkylation sites (tertiary alicyclic amines) is 1. The Morgan fingerprint density at radius 2 is 1.76 bits per heavy atom. The number of rotatable bonds is 2. The minimum absolute atomic E-state index is 0.205. The summed E-state index contributed by atoms with van der Waals surface area (Å²) in [5, 5.41) is 0. The lowest BCUT2D eigenvalue weighted by atomic mass is 10.2. The molecule has 92 valence electrons. The van der Waals surface area contributed by atoms with Crippen molar-refractivity contribution in [2.24, 2.45) is 0 Å². The zero-order chi connectivity index (χ0) is 12.1. The number of carbonyl (C=O) groups excluding carboxylic acids is 1. The molecule has 1 amide bonds. The van der Waals surface area contributed by atoms with Crippen molar-refractivity contribution in [3.05, 3.63) is 29.8 Å². The standard InChI is InChI=1S/C14H19NOS/c1-17-13-9-5-4-8-12(13)14(16)15-10-6-2-3-7-11-15/h4-5,8-9H,2-3,6-7,10-11H2,1H3. The lowest BCUT2D eigenvalue weighted by Crippen LogP contribution is -2.32. The minimum atomic E-state index is 0.205. The second kappa shape index (κ2) is 6.10. The van der Waals surface area contributed by atoms with Gasteiger partial charge in [0.2, 0.25) is 0 Å². The van der Waals surface area contributed by atoms with Crippen LogP contribution in [0.15, 0.2) is 29.2 Å². The van der Waals surface area contributed by atoms with Crippen LogP contribution in [0.4, 0.5) is 0 Å². The topological polar surface area (TPSA) is 20.3 Å². The van der Waals surface area contributed by atoms with E-state index in [1.54, 1.807) is 11.8 Å². The molecule has 1 saturated heterocycles. The zero-order valence-corrected chi connectivity index (χ0v) is 11.1. The van der Waals surface area contributed by atoms with Crippen molar-refractivity contribution in [3.8, 4) is 0 Å². The summed E-state index contributed by atoms with van der Waals surface area (Å²) in [6.07, 6.45) is 6.83. The van der Waals surface area contributed by atoms with Crippen molar-refractivity contribution in [1.29, 1.82) is 0 Å². The van der Waals surface area contributed by atoms with Gasteiger partial charge in [-0.1, -0.05) is 25.0 Å². The number of amides is 1. The Bertz CT molecular complexity index is 384. The Morgan fingerprint density at radius 1 is 1.12 bits per heavy atom. The molecule has 2 nitrogen and oxygen atoms in total. The molecule has 0 aliphatic carbocycles. The highest BCUT2D eigenvalue weighted by molar-refractivity contribution is 7.98. The molecule has 0 atom stereocenters. The molecule has 17 heavy (non-hydrogen) atoms. The van der Waals surface area contributed by atoms with E-state index in [-0.39, 0.29) is 5.91 Å². The Morgan fingerprint density at radius 3 is 2.41 bits per heavy atom. The molecule has 3 heteroatoms. The fourth-order valence-electron chi connectivity index (χ4n) is 2.27. The molecule has 1 heterocycles. The number of benzene rings is 1. The first kappa shape index (κ1) is 12.5. The molecule has 1 fully saturated rings. The summed E-state index contributed by atoms with van der Waals surface area (Å²) in [5.74, 6) is 0.205. The highest BCUT2D eigenvalue weighted by Crippen LogP contribution is 2.22.